The van der Waals surface area contributed by atoms with Crippen molar-refractivity contribution in [3.63, 3.8) is 0 Å². The van der Waals surface area contributed by atoms with Crippen molar-refractivity contribution in [1.82, 2.24) is 4.90 Å². The van der Waals surface area contributed by atoms with E-state index in [9.17, 15) is 5.11 Å². The number of likely N-dealkylation sites (tertiary alicyclic amines) is 1. The fraction of sp³-hybridized carbons (Fsp3) is 0.625. The Bertz CT molecular complexity index is 351. The average molecular weight is 247 g/mol. The molecule has 0 spiro atoms. The minimum absolute atomic E-state index is 0.319. The van der Waals surface area contributed by atoms with Crippen LogP contribution in [0.5, 0.6) is 0 Å². The molecule has 0 aliphatic carbocycles. The summed E-state index contributed by atoms with van der Waals surface area (Å²) in [6.07, 6.45) is 1.81. The van der Waals surface area contributed by atoms with Crippen LogP contribution in [0.1, 0.15) is 38.4 Å². The van der Waals surface area contributed by atoms with Gasteiger partial charge in [0, 0.05) is 13.1 Å². The number of hydrogen-bond donors (Lipinski definition) is 1. The molecule has 0 aromatic heterocycles. The van der Waals surface area contributed by atoms with Crippen molar-refractivity contribution in [3.05, 3.63) is 35.9 Å². The molecule has 2 unspecified atom stereocenters. The van der Waals surface area contributed by atoms with Gasteiger partial charge in [0.1, 0.15) is 0 Å². The first-order valence-corrected chi connectivity index (χ1v) is 7.12. The first-order valence-electron chi connectivity index (χ1n) is 7.12. The van der Waals surface area contributed by atoms with Gasteiger partial charge in [-0.2, -0.15) is 0 Å². The van der Waals surface area contributed by atoms with Gasteiger partial charge < -0.3 is 10.0 Å². The molecular weight excluding hydrogens is 222 g/mol. The van der Waals surface area contributed by atoms with Gasteiger partial charge in [-0.25, -0.2) is 0 Å². The Labute approximate surface area is 111 Å². The fourth-order valence-corrected chi connectivity index (χ4v) is 2.70. The van der Waals surface area contributed by atoms with E-state index in [0.717, 1.165) is 30.4 Å². The highest BCUT2D eigenvalue weighted by Crippen LogP contribution is 2.24. The number of rotatable bonds is 4. The molecule has 1 aromatic rings. The zero-order valence-corrected chi connectivity index (χ0v) is 11.5. The van der Waals surface area contributed by atoms with Gasteiger partial charge in [-0.1, -0.05) is 44.2 Å². The van der Waals surface area contributed by atoms with E-state index in [4.69, 9.17) is 0 Å². The summed E-state index contributed by atoms with van der Waals surface area (Å²) in [6.45, 7) is 8.06. The molecule has 1 saturated heterocycles. The Morgan fingerprint density at radius 3 is 2.61 bits per heavy atom. The topological polar surface area (TPSA) is 23.5 Å². The standard InChI is InChI=1S/C16H25NO/c1-13-8-10-17(12-14(13)2)11-9-16(18)15-6-4-3-5-7-15/h3-7,13-14,16,18H,8-12H2,1-2H3/t13?,14?,16-/m1/s1. The van der Waals surface area contributed by atoms with Crippen LogP contribution in [0.4, 0.5) is 0 Å². The lowest BCUT2D eigenvalue weighted by molar-refractivity contribution is 0.103. The molecule has 1 fully saturated rings. The molecule has 100 valence electrons. The second-order valence-electron chi connectivity index (χ2n) is 5.76. The van der Waals surface area contributed by atoms with Crippen LogP contribution in [0.25, 0.3) is 0 Å². The summed E-state index contributed by atoms with van der Waals surface area (Å²) < 4.78 is 0. The molecular formula is C16H25NO. The average Bonchev–Trinajstić information content (AvgIpc) is 2.41. The van der Waals surface area contributed by atoms with Gasteiger partial charge in [0.2, 0.25) is 0 Å². The van der Waals surface area contributed by atoms with Gasteiger partial charge in [0.15, 0.2) is 0 Å². The molecule has 1 N–H and O–H groups in total. The second kappa shape index (κ2) is 6.35. The van der Waals surface area contributed by atoms with Gasteiger partial charge in [-0.15, -0.1) is 0 Å². The third kappa shape index (κ3) is 3.56. The van der Waals surface area contributed by atoms with Gasteiger partial charge in [-0.05, 0) is 36.8 Å². The van der Waals surface area contributed by atoms with Crippen LogP contribution in [0.3, 0.4) is 0 Å². The third-order valence-electron chi connectivity index (χ3n) is 4.32. The number of hydrogen-bond acceptors (Lipinski definition) is 2. The van der Waals surface area contributed by atoms with Gasteiger partial charge >= 0.3 is 0 Å². The molecule has 2 heteroatoms. The van der Waals surface area contributed by atoms with Crippen LogP contribution in [0, 0.1) is 11.8 Å². The van der Waals surface area contributed by atoms with Gasteiger partial charge in [0.05, 0.1) is 6.10 Å². The maximum atomic E-state index is 10.1. The third-order valence-corrected chi connectivity index (χ3v) is 4.32. The van der Waals surface area contributed by atoms with Crippen molar-refractivity contribution in [2.45, 2.75) is 32.8 Å². The number of benzene rings is 1. The zero-order valence-electron chi connectivity index (χ0n) is 11.5. The quantitative estimate of drug-likeness (QED) is 0.884. The van der Waals surface area contributed by atoms with E-state index in [-0.39, 0.29) is 6.10 Å². The molecule has 3 atom stereocenters. The van der Waals surface area contributed by atoms with Gasteiger partial charge in [0.25, 0.3) is 0 Å². The van der Waals surface area contributed by atoms with Crippen LogP contribution in [-0.4, -0.2) is 29.6 Å². The number of piperidine rings is 1. The summed E-state index contributed by atoms with van der Waals surface area (Å²) >= 11 is 0. The number of nitrogens with zero attached hydrogens (tertiary/aromatic N) is 1. The molecule has 18 heavy (non-hydrogen) atoms. The SMILES string of the molecule is CC1CCN(CC[C@@H](O)c2ccccc2)CC1C. The summed E-state index contributed by atoms with van der Waals surface area (Å²) in [5.74, 6) is 1.63. The highest BCUT2D eigenvalue weighted by molar-refractivity contribution is 5.17. The normalized spacial score (nSPS) is 27.1. The molecule has 0 radical (unpaired) electrons. The summed E-state index contributed by atoms with van der Waals surface area (Å²) in [5.41, 5.74) is 1.04. The lowest BCUT2D eigenvalue weighted by atomic mass is 9.88. The van der Waals surface area contributed by atoms with Crippen molar-refractivity contribution >= 4 is 0 Å². The lowest BCUT2D eigenvalue weighted by Crippen LogP contribution is -2.39. The Kier molecular flexibility index (Phi) is 4.79. The fourth-order valence-electron chi connectivity index (χ4n) is 2.70. The van der Waals surface area contributed by atoms with E-state index in [1.807, 2.05) is 30.3 Å². The maximum absolute atomic E-state index is 10.1. The van der Waals surface area contributed by atoms with E-state index in [2.05, 4.69) is 18.7 Å². The van der Waals surface area contributed by atoms with Crippen LogP contribution < -0.4 is 0 Å². The van der Waals surface area contributed by atoms with E-state index in [1.165, 1.54) is 19.5 Å². The first-order chi connectivity index (χ1) is 8.66. The molecule has 0 amide bonds. The van der Waals surface area contributed by atoms with Crippen LogP contribution in [0.15, 0.2) is 30.3 Å². The molecule has 1 aliphatic heterocycles. The highest BCUT2D eigenvalue weighted by atomic mass is 16.3. The molecule has 2 nitrogen and oxygen atoms in total. The van der Waals surface area contributed by atoms with Crippen LogP contribution in [-0.2, 0) is 0 Å². The lowest BCUT2D eigenvalue weighted by Gasteiger charge is -2.35. The van der Waals surface area contributed by atoms with Crippen molar-refractivity contribution in [1.29, 1.82) is 0 Å². The van der Waals surface area contributed by atoms with Gasteiger partial charge in [-0.3, -0.25) is 0 Å². The summed E-state index contributed by atoms with van der Waals surface area (Å²) in [6, 6.07) is 9.98. The molecule has 2 rings (SSSR count). The summed E-state index contributed by atoms with van der Waals surface area (Å²) in [5, 5.41) is 10.1. The highest BCUT2D eigenvalue weighted by Gasteiger charge is 2.22. The van der Waals surface area contributed by atoms with E-state index in [1.54, 1.807) is 0 Å². The smallest absolute Gasteiger partial charge is 0.0802 e. The summed E-state index contributed by atoms with van der Waals surface area (Å²) in [7, 11) is 0. The minimum Gasteiger partial charge on any atom is -0.388 e. The molecule has 1 heterocycles. The molecule has 0 bridgehead atoms. The molecule has 1 aliphatic rings. The Morgan fingerprint density at radius 1 is 1.22 bits per heavy atom. The predicted octanol–water partition coefficient (Wildman–Crippen LogP) is 3.09. The summed E-state index contributed by atoms with van der Waals surface area (Å²) in [4.78, 5) is 2.50. The van der Waals surface area contributed by atoms with Crippen LogP contribution >= 0.6 is 0 Å². The van der Waals surface area contributed by atoms with E-state index in [0.29, 0.717) is 0 Å². The Morgan fingerprint density at radius 2 is 1.94 bits per heavy atom. The molecule has 0 saturated carbocycles. The van der Waals surface area contributed by atoms with Crippen molar-refractivity contribution in [2.75, 3.05) is 19.6 Å². The second-order valence-corrected chi connectivity index (χ2v) is 5.76. The van der Waals surface area contributed by atoms with Crippen LogP contribution in [0.2, 0.25) is 0 Å². The molecule has 1 aromatic carbocycles. The monoisotopic (exact) mass is 247 g/mol. The predicted molar refractivity (Wildman–Crippen MR) is 75.4 cm³/mol. The Balaban J connectivity index is 1.78. The zero-order chi connectivity index (χ0) is 13.0. The number of aliphatic hydroxyl groups excluding tert-OH is 1. The van der Waals surface area contributed by atoms with Crippen molar-refractivity contribution in [3.8, 4) is 0 Å². The number of aliphatic hydroxyl groups is 1. The van der Waals surface area contributed by atoms with E-state index >= 15 is 0 Å². The van der Waals surface area contributed by atoms with Crippen molar-refractivity contribution in [2.24, 2.45) is 11.8 Å². The van der Waals surface area contributed by atoms with Crippen molar-refractivity contribution < 1.29 is 5.11 Å². The first kappa shape index (κ1) is 13.6. The maximum Gasteiger partial charge on any atom is 0.0802 e. The minimum atomic E-state index is -0.319. The Hall–Kier alpha value is -0.860. The van der Waals surface area contributed by atoms with E-state index < -0.39 is 0 Å². The largest absolute Gasteiger partial charge is 0.388 e.